The minimum atomic E-state index is -0.704. The molecular formula is C13H20N4O3. The topological polar surface area (TPSA) is 108 Å². The molecule has 1 rings (SSSR count). The largest absolute Gasteiger partial charge is 0.340 e. The number of carbonyl (C=O) groups is 2. The molecule has 0 fully saturated rings. The van der Waals surface area contributed by atoms with Crippen LogP contribution in [-0.2, 0) is 11.3 Å². The number of hydrogen-bond donors (Lipinski definition) is 4. The molecule has 0 radical (unpaired) electrons. The number of hydroxylamine groups is 1. The van der Waals surface area contributed by atoms with Crippen molar-refractivity contribution in [2.75, 3.05) is 5.32 Å². The standard InChI is InChI=1S/C13H20N4O3/c1-9(2)7-12(18)17(20)16-13(19)15-11-5-3-10(8-14)4-6-11/h3-6,9,20H,7-8,14H2,1-2H3,(H2,15,16,19). The number of nitrogens with one attached hydrogen (secondary N) is 2. The minimum Gasteiger partial charge on any atom is -0.326 e. The maximum atomic E-state index is 11.6. The number of anilines is 1. The Morgan fingerprint density at radius 3 is 2.40 bits per heavy atom. The maximum Gasteiger partial charge on any atom is 0.340 e. The van der Waals surface area contributed by atoms with Crippen molar-refractivity contribution in [3.8, 4) is 0 Å². The fourth-order valence-corrected chi connectivity index (χ4v) is 1.48. The van der Waals surface area contributed by atoms with E-state index in [2.05, 4.69) is 5.32 Å². The fraction of sp³-hybridized carbons (Fsp3) is 0.385. The zero-order valence-corrected chi connectivity index (χ0v) is 11.6. The van der Waals surface area contributed by atoms with Gasteiger partial charge >= 0.3 is 6.03 Å². The van der Waals surface area contributed by atoms with Crippen LogP contribution in [0.1, 0.15) is 25.8 Å². The molecule has 0 atom stereocenters. The molecule has 7 nitrogen and oxygen atoms in total. The van der Waals surface area contributed by atoms with E-state index in [-0.39, 0.29) is 17.5 Å². The number of amides is 3. The highest BCUT2D eigenvalue weighted by molar-refractivity contribution is 5.90. The molecule has 0 bridgehead atoms. The van der Waals surface area contributed by atoms with Gasteiger partial charge in [-0.15, -0.1) is 5.17 Å². The van der Waals surface area contributed by atoms with Gasteiger partial charge in [0, 0.05) is 18.7 Å². The Morgan fingerprint density at radius 2 is 1.90 bits per heavy atom. The first kappa shape index (κ1) is 15.9. The number of nitrogens with zero attached hydrogens (tertiary/aromatic N) is 1. The van der Waals surface area contributed by atoms with Crippen molar-refractivity contribution < 1.29 is 14.8 Å². The molecule has 0 unspecified atom stereocenters. The van der Waals surface area contributed by atoms with E-state index >= 15 is 0 Å². The van der Waals surface area contributed by atoms with Crippen molar-refractivity contribution in [1.82, 2.24) is 10.6 Å². The predicted octanol–water partition coefficient (Wildman–Crippen LogP) is 1.45. The second-order valence-corrected chi connectivity index (χ2v) is 4.77. The molecule has 0 aliphatic rings. The zero-order valence-electron chi connectivity index (χ0n) is 11.6. The molecule has 0 aromatic heterocycles. The van der Waals surface area contributed by atoms with Crippen molar-refractivity contribution in [2.45, 2.75) is 26.8 Å². The Labute approximate surface area is 117 Å². The van der Waals surface area contributed by atoms with Crippen molar-refractivity contribution in [2.24, 2.45) is 11.7 Å². The predicted molar refractivity (Wildman–Crippen MR) is 74.6 cm³/mol. The van der Waals surface area contributed by atoms with Crippen LogP contribution in [0.3, 0.4) is 0 Å². The third kappa shape index (κ3) is 5.25. The second-order valence-electron chi connectivity index (χ2n) is 4.77. The molecule has 7 heteroatoms. The third-order valence-electron chi connectivity index (χ3n) is 2.47. The number of hydrazine groups is 1. The van der Waals surface area contributed by atoms with Gasteiger partial charge in [0.25, 0.3) is 5.91 Å². The lowest BCUT2D eigenvalue weighted by Crippen LogP contribution is -2.46. The van der Waals surface area contributed by atoms with Crippen LogP contribution in [0.4, 0.5) is 10.5 Å². The Kier molecular flexibility index (Phi) is 5.95. The zero-order chi connectivity index (χ0) is 15.1. The molecule has 0 heterocycles. The molecule has 3 amide bonds. The quantitative estimate of drug-likeness (QED) is 0.494. The van der Waals surface area contributed by atoms with Gasteiger partial charge in [-0.25, -0.2) is 10.2 Å². The van der Waals surface area contributed by atoms with Crippen LogP contribution in [0.2, 0.25) is 0 Å². The Morgan fingerprint density at radius 1 is 1.30 bits per heavy atom. The molecule has 0 aliphatic heterocycles. The lowest BCUT2D eigenvalue weighted by atomic mass is 10.1. The monoisotopic (exact) mass is 280 g/mol. The normalized spacial score (nSPS) is 10.2. The molecule has 1 aromatic rings. The van der Waals surface area contributed by atoms with E-state index in [1.807, 2.05) is 19.3 Å². The van der Waals surface area contributed by atoms with Crippen LogP contribution in [-0.4, -0.2) is 22.3 Å². The summed E-state index contributed by atoms with van der Waals surface area (Å²) in [4.78, 5) is 23.0. The Hall–Kier alpha value is -2.12. The van der Waals surface area contributed by atoms with Gasteiger partial charge in [-0.1, -0.05) is 26.0 Å². The Balaban J connectivity index is 2.48. The van der Waals surface area contributed by atoms with Gasteiger partial charge < -0.3 is 11.1 Å². The molecule has 5 N–H and O–H groups in total. The van der Waals surface area contributed by atoms with E-state index in [0.717, 1.165) is 5.56 Å². The summed E-state index contributed by atoms with van der Waals surface area (Å²) in [6, 6.07) is 6.20. The van der Waals surface area contributed by atoms with Crippen LogP contribution in [0.25, 0.3) is 0 Å². The summed E-state index contributed by atoms with van der Waals surface area (Å²) < 4.78 is 0. The van der Waals surface area contributed by atoms with Crippen molar-refractivity contribution in [1.29, 1.82) is 0 Å². The Bertz CT molecular complexity index is 459. The first-order valence-corrected chi connectivity index (χ1v) is 6.31. The van der Waals surface area contributed by atoms with Crippen LogP contribution in [0, 0.1) is 5.92 Å². The summed E-state index contributed by atoms with van der Waals surface area (Å²) in [5.41, 5.74) is 8.96. The van der Waals surface area contributed by atoms with Crippen LogP contribution >= 0.6 is 0 Å². The van der Waals surface area contributed by atoms with E-state index in [1.165, 1.54) is 0 Å². The van der Waals surface area contributed by atoms with Gasteiger partial charge in [0.2, 0.25) is 0 Å². The summed E-state index contributed by atoms with van der Waals surface area (Å²) in [5, 5.41) is 12.1. The minimum absolute atomic E-state index is 0.0887. The van der Waals surface area contributed by atoms with Gasteiger partial charge in [0.1, 0.15) is 0 Å². The molecule has 110 valence electrons. The molecule has 0 saturated carbocycles. The van der Waals surface area contributed by atoms with Gasteiger partial charge in [-0.2, -0.15) is 0 Å². The summed E-state index contributed by atoms with van der Waals surface area (Å²) in [5.74, 6) is -0.487. The van der Waals surface area contributed by atoms with Crippen LogP contribution in [0.5, 0.6) is 0 Å². The van der Waals surface area contributed by atoms with Crippen LogP contribution in [0.15, 0.2) is 24.3 Å². The summed E-state index contributed by atoms with van der Waals surface area (Å²) in [7, 11) is 0. The van der Waals surface area contributed by atoms with E-state index in [9.17, 15) is 14.8 Å². The molecule has 0 spiro atoms. The van der Waals surface area contributed by atoms with Crippen molar-refractivity contribution in [3.63, 3.8) is 0 Å². The van der Waals surface area contributed by atoms with E-state index in [0.29, 0.717) is 12.2 Å². The van der Waals surface area contributed by atoms with Gasteiger partial charge in [-0.3, -0.25) is 10.0 Å². The average Bonchev–Trinajstić information content (AvgIpc) is 2.38. The molecule has 0 aliphatic carbocycles. The fourth-order valence-electron chi connectivity index (χ4n) is 1.48. The number of nitrogens with two attached hydrogens (primary N) is 1. The highest BCUT2D eigenvalue weighted by Crippen LogP contribution is 2.09. The lowest BCUT2D eigenvalue weighted by Gasteiger charge is -2.17. The summed E-state index contributed by atoms with van der Waals surface area (Å²) in [6.45, 7) is 4.09. The number of rotatable bonds is 4. The highest BCUT2D eigenvalue weighted by Gasteiger charge is 2.15. The number of benzene rings is 1. The molecule has 20 heavy (non-hydrogen) atoms. The average molecular weight is 280 g/mol. The third-order valence-corrected chi connectivity index (χ3v) is 2.47. The van der Waals surface area contributed by atoms with Gasteiger partial charge in [0.15, 0.2) is 0 Å². The van der Waals surface area contributed by atoms with E-state index < -0.39 is 11.9 Å². The molecular weight excluding hydrogens is 260 g/mol. The maximum absolute atomic E-state index is 11.6. The molecule has 0 saturated heterocycles. The number of urea groups is 1. The van der Waals surface area contributed by atoms with Crippen molar-refractivity contribution in [3.05, 3.63) is 29.8 Å². The second kappa shape index (κ2) is 7.46. The highest BCUT2D eigenvalue weighted by atomic mass is 16.6. The number of carbonyl (C=O) groups excluding carboxylic acids is 2. The first-order chi connectivity index (χ1) is 9.42. The van der Waals surface area contributed by atoms with Gasteiger partial charge in [-0.05, 0) is 23.6 Å². The summed E-state index contributed by atoms with van der Waals surface area (Å²) >= 11 is 0. The van der Waals surface area contributed by atoms with Gasteiger partial charge in [0.05, 0.1) is 0 Å². The molecule has 1 aromatic carbocycles. The smallest absolute Gasteiger partial charge is 0.326 e. The van der Waals surface area contributed by atoms with Crippen molar-refractivity contribution >= 4 is 17.6 Å². The SMILES string of the molecule is CC(C)CC(=O)N(O)NC(=O)Nc1ccc(CN)cc1. The van der Waals surface area contributed by atoms with Crippen LogP contribution < -0.4 is 16.5 Å². The number of hydrogen-bond acceptors (Lipinski definition) is 4. The first-order valence-electron chi connectivity index (χ1n) is 6.31. The summed E-state index contributed by atoms with van der Waals surface area (Å²) in [6.07, 6.45) is 0.141. The lowest BCUT2D eigenvalue weighted by molar-refractivity contribution is -0.175. The van der Waals surface area contributed by atoms with E-state index in [4.69, 9.17) is 5.73 Å². The van der Waals surface area contributed by atoms with E-state index in [1.54, 1.807) is 24.3 Å².